The summed E-state index contributed by atoms with van der Waals surface area (Å²) in [6, 6.07) is 2.19. The van der Waals surface area contributed by atoms with Crippen LogP contribution < -0.4 is 0 Å². The van der Waals surface area contributed by atoms with Gasteiger partial charge in [-0.05, 0) is 63.2 Å². The summed E-state index contributed by atoms with van der Waals surface area (Å²) < 4.78 is 17.8. The van der Waals surface area contributed by atoms with Crippen molar-refractivity contribution in [2.24, 2.45) is 23.2 Å². The third kappa shape index (κ3) is 7.95. The number of nitriles is 1. The molecular formula is C29H49NO4. The molecule has 0 atom stereocenters. The Balaban J connectivity index is 1.36. The highest BCUT2D eigenvalue weighted by Crippen LogP contribution is 2.38. The maximum Gasteiger partial charge on any atom is 0.331 e. The number of carbonyl (C=O) groups excluding carboxylic acids is 1. The van der Waals surface area contributed by atoms with Crippen molar-refractivity contribution in [2.45, 2.75) is 135 Å². The molecule has 2 saturated carbocycles. The van der Waals surface area contributed by atoms with E-state index in [4.69, 9.17) is 14.2 Å². The lowest BCUT2D eigenvalue weighted by molar-refractivity contribution is -0.247. The first-order chi connectivity index (χ1) is 16.6. The van der Waals surface area contributed by atoms with Gasteiger partial charge in [-0.15, -0.1) is 0 Å². The lowest BCUT2D eigenvalue weighted by Gasteiger charge is -2.40. The summed E-state index contributed by atoms with van der Waals surface area (Å²) >= 11 is 0. The maximum atomic E-state index is 13.0. The fraction of sp³-hybridized carbons (Fsp3) is 0.931. The lowest BCUT2D eigenvalue weighted by atomic mass is 9.79. The molecule has 2 aliphatic carbocycles. The first-order valence-electron chi connectivity index (χ1n) is 14.5. The first kappa shape index (κ1) is 27.5. The van der Waals surface area contributed by atoms with E-state index < -0.39 is 11.4 Å². The minimum absolute atomic E-state index is 0.0646. The van der Waals surface area contributed by atoms with Gasteiger partial charge in [0.2, 0.25) is 5.41 Å². The summed E-state index contributed by atoms with van der Waals surface area (Å²) in [4.78, 5) is 13.0. The topological polar surface area (TPSA) is 68.6 Å². The number of hydrogen-bond donors (Lipinski definition) is 0. The molecule has 34 heavy (non-hydrogen) atoms. The molecule has 0 amide bonds. The van der Waals surface area contributed by atoms with Gasteiger partial charge in [0, 0.05) is 5.92 Å². The zero-order valence-electron chi connectivity index (χ0n) is 21.9. The van der Waals surface area contributed by atoms with Gasteiger partial charge in [0.15, 0.2) is 6.29 Å². The summed E-state index contributed by atoms with van der Waals surface area (Å²) in [6.07, 6.45) is 20.3. The standard InChI is InChI=1S/C29H49NO4/c1-3-5-7-8-9-11-24-14-18-26(19-15-24)34-28(31)29(20-30)21-32-27(33-22-29)25-16-12-23(13-17-25)10-6-4-2/h23-27H,3-19,21-22H2,1-2H3. The van der Waals surface area contributed by atoms with Crippen LogP contribution in [-0.2, 0) is 19.0 Å². The van der Waals surface area contributed by atoms with Gasteiger partial charge in [0.25, 0.3) is 0 Å². The SMILES string of the molecule is CCCCCCCC1CCC(OC(=O)C2(C#N)COC(C3CCC(CCCC)CC3)OC2)CC1. The Kier molecular flexibility index (Phi) is 11.7. The second kappa shape index (κ2) is 14.4. The normalized spacial score (nSPS) is 34.3. The molecule has 0 aromatic carbocycles. The average Bonchev–Trinajstić information content (AvgIpc) is 2.88. The Hall–Kier alpha value is -1.12. The van der Waals surface area contributed by atoms with Crippen molar-refractivity contribution in [1.82, 2.24) is 0 Å². The van der Waals surface area contributed by atoms with Crippen molar-refractivity contribution in [3.05, 3.63) is 0 Å². The Morgan fingerprint density at radius 2 is 1.38 bits per heavy atom. The minimum Gasteiger partial charge on any atom is -0.461 e. The third-order valence-electron chi connectivity index (χ3n) is 8.62. The number of nitrogens with zero attached hydrogens (tertiary/aromatic N) is 1. The molecule has 0 aromatic rings. The van der Waals surface area contributed by atoms with Crippen LogP contribution in [0.1, 0.15) is 123 Å². The van der Waals surface area contributed by atoms with Gasteiger partial charge in [-0.25, -0.2) is 0 Å². The van der Waals surface area contributed by atoms with Gasteiger partial charge in [0.05, 0.1) is 19.3 Å². The van der Waals surface area contributed by atoms with Crippen LogP contribution in [0.3, 0.4) is 0 Å². The third-order valence-corrected chi connectivity index (χ3v) is 8.62. The molecule has 3 aliphatic rings. The van der Waals surface area contributed by atoms with Gasteiger partial charge >= 0.3 is 5.97 Å². The number of hydrogen-bond acceptors (Lipinski definition) is 5. The van der Waals surface area contributed by atoms with Gasteiger partial charge in [-0.3, -0.25) is 4.79 Å². The largest absolute Gasteiger partial charge is 0.461 e. The van der Waals surface area contributed by atoms with Crippen LogP contribution >= 0.6 is 0 Å². The first-order valence-corrected chi connectivity index (χ1v) is 14.5. The number of ether oxygens (including phenoxy) is 3. The Bertz CT molecular complexity index is 621. The van der Waals surface area contributed by atoms with Crippen LogP contribution in [-0.4, -0.2) is 31.6 Å². The molecule has 5 nitrogen and oxygen atoms in total. The fourth-order valence-electron chi connectivity index (χ4n) is 6.12. The number of unbranched alkanes of at least 4 members (excludes halogenated alkanes) is 5. The van der Waals surface area contributed by atoms with E-state index >= 15 is 0 Å². The average molecular weight is 476 g/mol. The molecule has 1 heterocycles. The molecular weight excluding hydrogens is 426 g/mol. The zero-order valence-corrected chi connectivity index (χ0v) is 21.9. The molecule has 0 radical (unpaired) electrons. The second-order valence-corrected chi connectivity index (χ2v) is 11.4. The summed E-state index contributed by atoms with van der Waals surface area (Å²) in [6.45, 7) is 4.69. The Labute approximate surface area is 208 Å². The molecule has 5 heteroatoms. The van der Waals surface area contributed by atoms with E-state index in [1.807, 2.05) is 0 Å². The number of esters is 1. The van der Waals surface area contributed by atoms with E-state index in [0.29, 0.717) is 5.92 Å². The minimum atomic E-state index is -1.31. The molecule has 0 bridgehead atoms. The molecule has 194 valence electrons. The van der Waals surface area contributed by atoms with Crippen LogP contribution in [0.5, 0.6) is 0 Å². The molecule has 3 fully saturated rings. The number of rotatable bonds is 12. The monoisotopic (exact) mass is 475 g/mol. The van der Waals surface area contributed by atoms with Gasteiger partial charge < -0.3 is 14.2 Å². The highest BCUT2D eigenvalue weighted by Gasteiger charge is 2.48. The molecule has 0 aromatic heterocycles. The van der Waals surface area contributed by atoms with Crippen molar-refractivity contribution >= 4 is 5.97 Å². The van der Waals surface area contributed by atoms with Gasteiger partial charge in [0.1, 0.15) is 6.10 Å². The van der Waals surface area contributed by atoms with Crippen LogP contribution in [0.2, 0.25) is 0 Å². The highest BCUT2D eigenvalue weighted by molar-refractivity contribution is 5.80. The zero-order chi connectivity index (χ0) is 24.2. The molecule has 0 N–H and O–H groups in total. The summed E-state index contributed by atoms with van der Waals surface area (Å²) in [5, 5.41) is 9.85. The van der Waals surface area contributed by atoms with E-state index in [0.717, 1.165) is 50.4 Å². The molecule has 1 aliphatic heterocycles. The van der Waals surface area contributed by atoms with Gasteiger partial charge in [-0.2, -0.15) is 5.26 Å². The smallest absolute Gasteiger partial charge is 0.331 e. The molecule has 0 unspecified atom stereocenters. The van der Waals surface area contributed by atoms with E-state index in [2.05, 4.69) is 19.9 Å². The van der Waals surface area contributed by atoms with Crippen molar-refractivity contribution in [2.75, 3.05) is 13.2 Å². The second-order valence-electron chi connectivity index (χ2n) is 11.4. The summed E-state index contributed by atoms with van der Waals surface area (Å²) in [7, 11) is 0. The summed E-state index contributed by atoms with van der Waals surface area (Å²) in [5.41, 5.74) is -1.31. The fourth-order valence-corrected chi connectivity index (χ4v) is 6.12. The summed E-state index contributed by atoms with van der Waals surface area (Å²) in [5.74, 6) is 1.53. The maximum absolute atomic E-state index is 13.0. The van der Waals surface area contributed by atoms with Crippen molar-refractivity contribution in [3.8, 4) is 6.07 Å². The molecule has 1 saturated heterocycles. The van der Waals surface area contributed by atoms with Crippen LogP contribution in [0, 0.1) is 34.5 Å². The Morgan fingerprint density at radius 3 is 1.97 bits per heavy atom. The van der Waals surface area contributed by atoms with E-state index in [1.54, 1.807) is 0 Å². The number of carbonyl (C=O) groups is 1. The predicted octanol–water partition coefficient (Wildman–Crippen LogP) is 7.33. The predicted molar refractivity (Wildman–Crippen MR) is 134 cm³/mol. The lowest BCUT2D eigenvalue weighted by Crippen LogP contribution is -2.50. The van der Waals surface area contributed by atoms with E-state index in [1.165, 1.54) is 70.6 Å². The quantitative estimate of drug-likeness (QED) is 0.218. The van der Waals surface area contributed by atoms with Crippen molar-refractivity contribution in [3.63, 3.8) is 0 Å². The van der Waals surface area contributed by atoms with Crippen LogP contribution in [0.15, 0.2) is 0 Å². The molecule has 3 rings (SSSR count). The van der Waals surface area contributed by atoms with E-state index in [9.17, 15) is 10.1 Å². The highest BCUT2D eigenvalue weighted by atomic mass is 16.7. The Morgan fingerprint density at radius 1 is 0.824 bits per heavy atom. The molecule has 0 spiro atoms. The van der Waals surface area contributed by atoms with Crippen LogP contribution in [0.25, 0.3) is 0 Å². The van der Waals surface area contributed by atoms with Crippen LogP contribution in [0.4, 0.5) is 0 Å². The van der Waals surface area contributed by atoms with E-state index in [-0.39, 0.29) is 25.6 Å². The van der Waals surface area contributed by atoms with Crippen molar-refractivity contribution < 1.29 is 19.0 Å². The van der Waals surface area contributed by atoms with Gasteiger partial charge in [-0.1, -0.05) is 71.6 Å². The van der Waals surface area contributed by atoms with Crippen molar-refractivity contribution in [1.29, 1.82) is 5.26 Å².